The number of nitrogens with one attached hydrogen (secondary N) is 3. The molecule has 0 aliphatic rings. The minimum atomic E-state index is -1.33. The van der Waals surface area contributed by atoms with Crippen LogP contribution in [-0.4, -0.2) is 50.6 Å². The molecule has 5 aromatic carbocycles. The Morgan fingerprint density at radius 2 is 1.16 bits per heavy atom. The number of phenols is 2. The molecule has 1 atom stereocenters. The highest BCUT2D eigenvalue weighted by molar-refractivity contribution is 6.09. The van der Waals surface area contributed by atoms with Gasteiger partial charge in [-0.15, -0.1) is 0 Å². The Morgan fingerprint density at radius 3 is 1.74 bits per heavy atom. The van der Waals surface area contributed by atoms with Crippen LogP contribution in [0.15, 0.2) is 103 Å². The van der Waals surface area contributed by atoms with E-state index in [0.717, 1.165) is 17.2 Å². The molecule has 0 saturated carbocycles. The number of carboxylic acids is 1. The van der Waals surface area contributed by atoms with Gasteiger partial charge in [0, 0.05) is 65.0 Å². The van der Waals surface area contributed by atoms with Crippen molar-refractivity contribution in [1.82, 2.24) is 0 Å². The van der Waals surface area contributed by atoms with E-state index in [2.05, 4.69) is 16.0 Å². The lowest BCUT2D eigenvalue weighted by Gasteiger charge is -2.15. The SMILES string of the molecule is Cc1c(NC(=O)c2ccc(NC(=O)c3ccc(NC(=O)C(CC#N)CC(=O)c4ccc(CC(=O)Cc5ccccc5)cc4)cc3)c(C)c2O)ccc(C(=O)O)c1O. The van der Waals surface area contributed by atoms with Gasteiger partial charge in [0.15, 0.2) is 5.78 Å². The first-order valence-corrected chi connectivity index (χ1v) is 17.7. The highest BCUT2D eigenvalue weighted by Gasteiger charge is 2.24. The zero-order valence-corrected chi connectivity index (χ0v) is 31.0. The zero-order valence-electron chi connectivity index (χ0n) is 31.0. The van der Waals surface area contributed by atoms with Gasteiger partial charge in [0.25, 0.3) is 11.8 Å². The average molecular weight is 767 g/mol. The third kappa shape index (κ3) is 10.1. The van der Waals surface area contributed by atoms with E-state index < -0.39 is 41.1 Å². The monoisotopic (exact) mass is 766 g/mol. The molecule has 6 N–H and O–H groups in total. The lowest BCUT2D eigenvalue weighted by molar-refractivity contribution is -0.120. The molecular weight excluding hydrogens is 729 g/mol. The summed E-state index contributed by atoms with van der Waals surface area (Å²) in [6, 6.07) is 29.0. The minimum Gasteiger partial charge on any atom is -0.507 e. The van der Waals surface area contributed by atoms with Crippen LogP contribution in [0, 0.1) is 31.1 Å². The largest absolute Gasteiger partial charge is 0.507 e. The second kappa shape index (κ2) is 18.2. The van der Waals surface area contributed by atoms with Gasteiger partial charge in [-0.1, -0.05) is 54.6 Å². The molecule has 0 aliphatic heterocycles. The fourth-order valence-electron chi connectivity index (χ4n) is 5.99. The van der Waals surface area contributed by atoms with Crippen molar-refractivity contribution in [3.05, 3.63) is 148 Å². The third-order valence-electron chi connectivity index (χ3n) is 9.31. The quantitative estimate of drug-likeness (QED) is 0.0598. The van der Waals surface area contributed by atoms with Crippen molar-refractivity contribution in [2.75, 3.05) is 16.0 Å². The van der Waals surface area contributed by atoms with Gasteiger partial charge >= 0.3 is 5.97 Å². The number of nitrogens with zero attached hydrogens (tertiary/aromatic N) is 1. The van der Waals surface area contributed by atoms with Crippen molar-refractivity contribution in [3.63, 3.8) is 0 Å². The van der Waals surface area contributed by atoms with E-state index in [1.165, 1.54) is 56.3 Å². The van der Waals surface area contributed by atoms with Crippen molar-refractivity contribution >= 4 is 52.3 Å². The van der Waals surface area contributed by atoms with E-state index in [4.69, 9.17) is 0 Å². The fourth-order valence-corrected chi connectivity index (χ4v) is 5.99. The molecule has 13 heteroatoms. The maximum absolute atomic E-state index is 13.2. The van der Waals surface area contributed by atoms with Crippen LogP contribution in [0.5, 0.6) is 11.5 Å². The van der Waals surface area contributed by atoms with Crippen LogP contribution in [0.2, 0.25) is 0 Å². The van der Waals surface area contributed by atoms with Gasteiger partial charge in [-0.2, -0.15) is 5.26 Å². The summed E-state index contributed by atoms with van der Waals surface area (Å²) in [6.07, 6.45) is 0.0873. The Balaban J connectivity index is 1.16. The van der Waals surface area contributed by atoms with Crippen molar-refractivity contribution in [2.45, 2.75) is 39.5 Å². The summed E-state index contributed by atoms with van der Waals surface area (Å²) in [7, 11) is 0. The molecule has 0 radical (unpaired) electrons. The number of carbonyl (C=O) groups excluding carboxylic acids is 5. The van der Waals surface area contributed by atoms with Crippen LogP contribution in [0.1, 0.15) is 76.5 Å². The number of carbonyl (C=O) groups is 6. The number of benzene rings is 5. The number of aromatic hydroxyl groups is 2. The van der Waals surface area contributed by atoms with Gasteiger partial charge in [0.05, 0.1) is 17.6 Å². The van der Waals surface area contributed by atoms with E-state index in [0.29, 0.717) is 17.7 Å². The Kier molecular flexibility index (Phi) is 12.9. The molecule has 1 unspecified atom stereocenters. The Hall–Kier alpha value is -7.59. The molecule has 0 bridgehead atoms. The maximum atomic E-state index is 13.2. The molecule has 288 valence electrons. The van der Waals surface area contributed by atoms with Crippen LogP contribution < -0.4 is 16.0 Å². The second-order valence-electron chi connectivity index (χ2n) is 13.3. The fraction of sp³-hybridized carbons (Fsp3) is 0.159. The first-order chi connectivity index (χ1) is 27.2. The molecule has 13 nitrogen and oxygen atoms in total. The molecule has 0 saturated heterocycles. The molecule has 5 rings (SSSR count). The number of phenolic OH excluding ortho intramolecular Hbond substituents is 1. The van der Waals surface area contributed by atoms with Crippen molar-refractivity contribution in [3.8, 4) is 17.6 Å². The number of hydrogen-bond donors (Lipinski definition) is 6. The molecule has 3 amide bonds. The normalized spacial score (nSPS) is 11.1. The number of rotatable bonds is 15. The van der Waals surface area contributed by atoms with Crippen LogP contribution in [0.25, 0.3) is 0 Å². The summed E-state index contributed by atoms with van der Waals surface area (Å²) in [4.78, 5) is 76.1. The number of aromatic carboxylic acids is 1. The highest BCUT2D eigenvalue weighted by atomic mass is 16.4. The maximum Gasteiger partial charge on any atom is 0.339 e. The van der Waals surface area contributed by atoms with Crippen molar-refractivity contribution < 1.29 is 44.1 Å². The van der Waals surface area contributed by atoms with Gasteiger partial charge in [0.2, 0.25) is 5.91 Å². The number of ketones is 2. The first-order valence-electron chi connectivity index (χ1n) is 17.7. The molecule has 0 spiro atoms. The van der Waals surface area contributed by atoms with Crippen LogP contribution in [0.4, 0.5) is 17.1 Å². The summed E-state index contributed by atoms with van der Waals surface area (Å²) in [5.41, 5.74) is 2.73. The van der Waals surface area contributed by atoms with Crippen molar-refractivity contribution in [1.29, 1.82) is 5.26 Å². The summed E-state index contributed by atoms with van der Waals surface area (Å²) in [5, 5.41) is 47.5. The van der Waals surface area contributed by atoms with Gasteiger partial charge in [0.1, 0.15) is 22.8 Å². The Morgan fingerprint density at radius 1 is 0.632 bits per heavy atom. The predicted molar refractivity (Wildman–Crippen MR) is 212 cm³/mol. The van der Waals surface area contributed by atoms with Crippen LogP contribution in [-0.2, 0) is 22.4 Å². The van der Waals surface area contributed by atoms with Crippen molar-refractivity contribution in [2.24, 2.45) is 5.92 Å². The van der Waals surface area contributed by atoms with E-state index in [1.807, 2.05) is 36.4 Å². The summed E-state index contributed by atoms with van der Waals surface area (Å²) in [5.74, 6) is -5.36. The standard InChI is InChI=1S/C44H38N4O9/c1-25-36(18-16-34(39(25)51)43(55)48-37-19-17-35(44(56)57)40(52)26(37)2)47-41(53)30-12-14-32(15-13-30)46-42(54)31(20-21-45)24-38(50)29-10-8-28(9-11-29)23-33(49)22-27-6-4-3-5-7-27/h3-19,31,51-52H,20,22-24H2,1-2H3,(H,46,54)(H,47,53)(H,48,55)(H,56,57). The van der Waals surface area contributed by atoms with E-state index in [1.54, 1.807) is 24.3 Å². The smallest absolute Gasteiger partial charge is 0.339 e. The topological polar surface area (TPSA) is 223 Å². The summed E-state index contributed by atoms with van der Waals surface area (Å²) >= 11 is 0. The number of anilines is 3. The number of carboxylic acid groups (broad SMARTS) is 1. The first kappa shape index (κ1) is 40.6. The summed E-state index contributed by atoms with van der Waals surface area (Å²) < 4.78 is 0. The van der Waals surface area contributed by atoms with Gasteiger partial charge < -0.3 is 31.3 Å². The van der Waals surface area contributed by atoms with Gasteiger partial charge in [-0.05, 0) is 73.5 Å². The minimum absolute atomic E-state index is 0.0361. The van der Waals surface area contributed by atoms with Crippen LogP contribution >= 0.6 is 0 Å². The average Bonchev–Trinajstić information content (AvgIpc) is 3.19. The predicted octanol–water partition coefficient (Wildman–Crippen LogP) is 7.01. The highest BCUT2D eigenvalue weighted by Crippen LogP contribution is 2.32. The molecule has 5 aromatic rings. The van der Waals surface area contributed by atoms with Gasteiger partial charge in [-0.3, -0.25) is 24.0 Å². The molecule has 0 aromatic heterocycles. The van der Waals surface area contributed by atoms with E-state index >= 15 is 0 Å². The molecular formula is C44H38N4O9. The summed E-state index contributed by atoms with van der Waals surface area (Å²) in [6.45, 7) is 2.92. The van der Waals surface area contributed by atoms with Crippen LogP contribution in [0.3, 0.4) is 0 Å². The molecule has 0 aliphatic carbocycles. The molecule has 0 heterocycles. The number of nitriles is 1. The lowest BCUT2D eigenvalue weighted by Crippen LogP contribution is -2.25. The number of hydrogen-bond acceptors (Lipinski definition) is 9. The Labute approximate surface area is 327 Å². The lowest BCUT2D eigenvalue weighted by atomic mass is 9.94. The van der Waals surface area contributed by atoms with Gasteiger partial charge in [-0.25, -0.2) is 4.79 Å². The number of Topliss-reactive ketones (excluding diaryl/α,β-unsaturated/α-hetero) is 2. The number of amides is 3. The second-order valence-corrected chi connectivity index (χ2v) is 13.3. The zero-order chi connectivity index (χ0) is 41.2. The van der Waals surface area contributed by atoms with E-state index in [-0.39, 0.29) is 70.0 Å². The molecule has 57 heavy (non-hydrogen) atoms. The Bertz CT molecular complexity index is 2400. The third-order valence-corrected chi connectivity index (χ3v) is 9.31. The van der Waals surface area contributed by atoms with E-state index in [9.17, 15) is 49.3 Å². The molecule has 0 fully saturated rings.